The van der Waals surface area contributed by atoms with Gasteiger partial charge in [-0.1, -0.05) is 36.4 Å². The molecule has 0 heterocycles. The van der Waals surface area contributed by atoms with Crippen LogP contribution in [0.5, 0.6) is 0 Å². The van der Waals surface area contributed by atoms with Crippen LogP contribution in [0.2, 0.25) is 0 Å². The van der Waals surface area contributed by atoms with Gasteiger partial charge in [-0.15, -0.1) is 0 Å². The van der Waals surface area contributed by atoms with Gasteiger partial charge in [-0.25, -0.2) is 0 Å². The maximum absolute atomic E-state index is 13.2. The molecule has 0 aromatic heterocycles. The third kappa shape index (κ3) is 9.77. The number of hydrogen-bond acceptors (Lipinski definition) is 8. The quantitative estimate of drug-likeness (QED) is 0.0721. The average molecular weight is 649 g/mol. The summed E-state index contributed by atoms with van der Waals surface area (Å²) in [5.41, 5.74) is 0.781. The first kappa shape index (κ1) is 33.9. The van der Waals surface area contributed by atoms with Crippen LogP contribution in [-0.2, 0) is 9.59 Å². The molecule has 0 saturated heterocycles. The second kappa shape index (κ2) is 16.4. The zero-order chi connectivity index (χ0) is 34.5. The Kier molecular flexibility index (Phi) is 11.6. The van der Waals surface area contributed by atoms with E-state index in [1.54, 1.807) is 60.7 Å². The summed E-state index contributed by atoms with van der Waals surface area (Å²) in [5, 5.41) is 32.3. The number of benzene rings is 4. The zero-order valence-corrected chi connectivity index (χ0v) is 25.1. The molecule has 4 N–H and O–H groups in total. The van der Waals surface area contributed by atoms with Gasteiger partial charge in [-0.05, 0) is 71.8 Å². The summed E-state index contributed by atoms with van der Waals surface area (Å²) in [6.07, 6.45) is 2.70. The van der Waals surface area contributed by atoms with Crippen molar-refractivity contribution in [3.8, 4) is 0 Å². The number of non-ortho nitro benzene ring substituents is 2. The van der Waals surface area contributed by atoms with Crippen molar-refractivity contribution >= 4 is 47.2 Å². The third-order valence-electron chi connectivity index (χ3n) is 6.58. The average Bonchev–Trinajstić information content (AvgIpc) is 3.10. The number of hydrogen-bond donors (Lipinski definition) is 4. The first-order chi connectivity index (χ1) is 23.1. The summed E-state index contributed by atoms with van der Waals surface area (Å²) in [5.74, 6) is -2.54. The second-order valence-electron chi connectivity index (χ2n) is 9.97. The van der Waals surface area contributed by atoms with Gasteiger partial charge in [0.1, 0.15) is 11.4 Å². The molecule has 0 atom stereocenters. The molecule has 0 unspecified atom stereocenters. The highest BCUT2D eigenvalue weighted by Gasteiger charge is 2.17. The van der Waals surface area contributed by atoms with E-state index in [0.29, 0.717) is 11.1 Å². The molecule has 0 bridgehead atoms. The van der Waals surface area contributed by atoms with Gasteiger partial charge in [0.25, 0.3) is 35.0 Å². The monoisotopic (exact) mass is 648 g/mol. The normalized spacial score (nSPS) is 11.2. The summed E-state index contributed by atoms with van der Waals surface area (Å²) < 4.78 is 0. The zero-order valence-electron chi connectivity index (χ0n) is 25.1. The van der Waals surface area contributed by atoms with E-state index in [2.05, 4.69) is 21.3 Å². The Balaban J connectivity index is 1.45. The minimum atomic E-state index is -0.703. The van der Waals surface area contributed by atoms with Crippen LogP contribution in [0.4, 0.5) is 11.4 Å². The van der Waals surface area contributed by atoms with E-state index in [-0.39, 0.29) is 47.0 Å². The summed E-state index contributed by atoms with van der Waals surface area (Å²) in [6, 6.07) is 27.0. The first-order valence-electron chi connectivity index (χ1n) is 14.3. The van der Waals surface area contributed by atoms with Crippen molar-refractivity contribution in [2.24, 2.45) is 0 Å². The van der Waals surface area contributed by atoms with Gasteiger partial charge in [-0.3, -0.25) is 39.4 Å². The summed E-state index contributed by atoms with van der Waals surface area (Å²) in [4.78, 5) is 72.9. The van der Waals surface area contributed by atoms with E-state index in [0.717, 1.165) is 0 Å². The maximum Gasteiger partial charge on any atom is 0.269 e. The number of amides is 4. The van der Waals surface area contributed by atoms with Crippen LogP contribution >= 0.6 is 0 Å². The summed E-state index contributed by atoms with van der Waals surface area (Å²) >= 11 is 0. The van der Waals surface area contributed by atoms with Crippen LogP contribution in [-0.4, -0.2) is 46.6 Å². The lowest BCUT2D eigenvalue weighted by Gasteiger charge is -2.13. The molecule has 14 heteroatoms. The van der Waals surface area contributed by atoms with Crippen LogP contribution in [0.25, 0.3) is 12.2 Å². The molecule has 4 aromatic rings. The number of carbonyl (C=O) groups excluding carboxylic acids is 4. The molecule has 4 rings (SSSR count). The van der Waals surface area contributed by atoms with Gasteiger partial charge in [0, 0.05) is 48.5 Å². The molecular weight excluding hydrogens is 620 g/mol. The largest absolute Gasteiger partial charge is 0.349 e. The molecular formula is C34H28N6O8. The predicted molar refractivity (Wildman–Crippen MR) is 176 cm³/mol. The van der Waals surface area contributed by atoms with E-state index in [1.807, 2.05) is 0 Å². The van der Waals surface area contributed by atoms with Gasteiger partial charge in [0.15, 0.2) is 0 Å². The van der Waals surface area contributed by atoms with Crippen LogP contribution in [0.1, 0.15) is 31.8 Å². The van der Waals surface area contributed by atoms with Crippen molar-refractivity contribution in [3.05, 3.63) is 163 Å². The maximum atomic E-state index is 13.2. The van der Waals surface area contributed by atoms with Gasteiger partial charge in [0.05, 0.1) is 9.85 Å². The number of nitro benzene ring substituents is 2. The van der Waals surface area contributed by atoms with Crippen molar-refractivity contribution < 1.29 is 29.0 Å². The molecule has 0 fully saturated rings. The van der Waals surface area contributed by atoms with E-state index >= 15 is 0 Å². The highest BCUT2D eigenvalue weighted by Crippen LogP contribution is 2.16. The lowest BCUT2D eigenvalue weighted by molar-refractivity contribution is -0.385. The predicted octanol–water partition coefficient (Wildman–Crippen LogP) is 3.98. The molecule has 0 aliphatic rings. The minimum absolute atomic E-state index is 0.0964. The van der Waals surface area contributed by atoms with Crippen molar-refractivity contribution in [3.63, 3.8) is 0 Å². The fraction of sp³-hybridized carbons (Fsp3) is 0.0588. The molecule has 242 valence electrons. The van der Waals surface area contributed by atoms with Gasteiger partial charge in [-0.2, -0.15) is 0 Å². The Morgan fingerprint density at radius 1 is 0.521 bits per heavy atom. The third-order valence-corrected chi connectivity index (χ3v) is 6.58. The number of carbonyl (C=O) groups is 4. The topological polar surface area (TPSA) is 203 Å². The standard InChI is InChI=1S/C34H28N6O8/c41-31(25-7-3-1-4-8-25)37-29(21-23-11-15-27(16-12-23)39(45)46)33(43)35-19-20-36-34(44)30(38-32(42)26-9-5-2-6-10-26)22-24-13-17-28(18-14-24)40(47)48/h1-18,21-22H,19-20H2,(H,35,43)(H,36,44)(H,37,41)(H,38,42). The highest BCUT2D eigenvalue weighted by atomic mass is 16.6. The molecule has 48 heavy (non-hydrogen) atoms. The van der Waals surface area contributed by atoms with Crippen molar-refractivity contribution in [1.29, 1.82) is 0 Å². The molecule has 0 aliphatic heterocycles. The highest BCUT2D eigenvalue weighted by molar-refractivity contribution is 6.06. The van der Waals surface area contributed by atoms with Crippen molar-refractivity contribution in [2.45, 2.75) is 0 Å². The van der Waals surface area contributed by atoms with E-state index in [4.69, 9.17) is 0 Å². The van der Waals surface area contributed by atoms with E-state index in [1.165, 1.54) is 60.7 Å². The fourth-order valence-electron chi connectivity index (χ4n) is 4.15. The molecule has 0 saturated carbocycles. The Hall–Kier alpha value is -6.96. The number of nitro groups is 2. The van der Waals surface area contributed by atoms with Crippen molar-refractivity contribution in [2.75, 3.05) is 13.1 Å². The summed E-state index contributed by atoms with van der Waals surface area (Å²) in [7, 11) is 0. The Morgan fingerprint density at radius 2 is 0.854 bits per heavy atom. The molecule has 0 aliphatic carbocycles. The van der Waals surface area contributed by atoms with Crippen molar-refractivity contribution in [1.82, 2.24) is 21.3 Å². The molecule has 0 radical (unpaired) electrons. The van der Waals surface area contributed by atoms with E-state index in [9.17, 15) is 39.4 Å². The van der Waals surface area contributed by atoms with Crippen LogP contribution in [0, 0.1) is 20.2 Å². The lowest BCUT2D eigenvalue weighted by Crippen LogP contribution is -2.41. The molecule has 4 amide bonds. The van der Waals surface area contributed by atoms with Crippen LogP contribution in [0.3, 0.4) is 0 Å². The minimum Gasteiger partial charge on any atom is -0.349 e. The molecule has 4 aromatic carbocycles. The molecule has 0 spiro atoms. The SMILES string of the molecule is O=C(NCCNC(=O)C(=Cc1ccc([N+](=O)[O-])cc1)NC(=O)c1ccccc1)C(=Cc1ccc([N+](=O)[O-])cc1)NC(=O)c1ccccc1. The summed E-state index contributed by atoms with van der Waals surface area (Å²) in [6.45, 7) is -0.193. The van der Waals surface area contributed by atoms with Crippen LogP contribution < -0.4 is 21.3 Å². The second-order valence-corrected chi connectivity index (χ2v) is 9.97. The lowest BCUT2D eigenvalue weighted by atomic mass is 10.1. The molecule has 14 nitrogen and oxygen atoms in total. The van der Waals surface area contributed by atoms with Crippen LogP contribution in [0.15, 0.2) is 121 Å². The van der Waals surface area contributed by atoms with Gasteiger partial charge >= 0.3 is 0 Å². The van der Waals surface area contributed by atoms with Gasteiger partial charge in [0.2, 0.25) is 0 Å². The Bertz CT molecular complexity index is 1740. The number of nitrogens with one attached hydrogen (secondary N) is 4. The number of rotatable bonds is 13. The smallest absolute Gasteiger partial charge is 0.269 e. The van der Waals surface area contributed by atoms with Gasteiger partial charge < -0.3 is 21.3 Å². The van der Waals surface area contributed by atoms with E-state index < -0.39 is 33.5 Å². The Labute approximate surface area is 273 Å². The first-order valence-corrected chi connectivity index (χ1v) is 14.3. The Morgan fingerprint density at radius 3 is 1.17 bits per heavy atom. The fourth-order valence-corrected chi connectivity index (χ4v) is 4.15. The number of nitrogens with zero attached hydrogens (tertiary/aromatic N) is 2.